The van der Waals surface area contributed by atoms with Gasteiger partial charge in [-0.1, -0.05) is 72.2 Å². The molecule has 3 aromatic rings. The van der Waals surface area contributed by atoms with E-state index in [9.17, 15) is 26.8 Å². The van der Waals surface area contributed by atoms with Crippen molar-refractivity contribution in [3.8, 4) is 0 Å². The maximum atomic E-state index is 14.0. The van der Waals surface area contributed by atoms with Crippen molar-refractivity contribution in [2.75, 3.05) is 23.7 Å². The second kappa shape index (κ2) is 13.8. The average molecular weight is 637 g/mol. The van der Waals surface area contributed by atoms with E-state index >= 15 is 0 Å². The van der Waals surface area contributed by atoms with Crippen molar-refractivity contribution < 1.29 is 26.8 Å². The first kappa shape index (κ1) is 31.2. The summed E-state index contributed by atoms with van der Waals surface area (Å²) in [6, 6.07) is 18.0. The Morgan fingerprint density at radius 1 is 0.925 bits per heavy atom. The third-order valence-electron chi connectivity index (χ3n) is 6.09. The van der Waals surface area contributed by atoms with Gasteiger partial charge in [-0.25, -0.2) is 17.2 Å². The summed E-state index contributed by atoms with van der Waals surface area (Å²) in [5.41, 5.74) is 1.31. The number of anilines is 1. The van der Waals surface area contributed by atoms with Gasteiger partial charge in [-0.3, -0.25) is 13.9 Å². The zero-order valence-electron chi connectivity index (χ0n) is 22.5. The van der Waals surface area contributed by atoms with Gasteiger partial charge in [0.25, 0.3) is 0 Å². The van der Waals surface area contributed by atoms with Crippen molar-refractivity contribution in [2.24, 2.45) is 5.92 Å². The van der Waals surface area contributed by atoms with Gasteiger partial charge in [-0.05, 0) is 41.3 Å². The highest BCUT2D eigenvalue weighted by atomic mass is 79.9. The Morgan fingerprint density at radius 3 is 2.15 bits per heavy atom. The first-order valence-corrected chi connectivity index (χ1v) is 15.3. The summed E-state index contributed by atoms with van der Waals surface area (Å²) >= 11 is 3.39. The second-order valence-corrected chi connectivity index (χ2v) is 12.7. The minimum absolute atomic E-state index is 0.00803. The van der Waals surface area contributed by atoms with E-state index in [4.69, 9.17) is 0 Å². The molecule has 0 heterocycles. The molecule has 0 bridgehead atoms. The van der Waals surface area contributed by atoms with E-state index in [1.165, 1.54) is 4.90 Å². The summed E-state index contributed by atoms with van der Waals surface area (Å²) in [5.74, 6) is -3.31. The topological polar surface area (TPSA) is 86.8 Å². The molecule has 0 saturated heterocycles. The van der Waals surface area contributed by atoms with E-state index in [0.717, 1.165) is 34.5 Å². The van der Waals surface area contributed by atoms with Crippen LogP contribution in [0.5, 0.6) is 0 Å². The predicted molar refractivity (Wildman–Crippen MR) is 155 cm³/mol. The van der Waals surface area contributed by atoms with E-state index in [0.29, 0.717) is 16.4 Å². The molecule has 214 valence electrons. The van der Waals surface area contributed by atoms with E-state index < -0.39 is 40.2 Å². The van der Waals surface area contributed by atoms with Crippen molar-refractivity contribution in [3.05, 3.63) is 100 Å². The predicted octanol–water partition coefficient (Wildman–Crippen LogP) is 4.91. The number of rotatable bonds is 12. The molecule has 0 unspecified atom stereocenters. The molecule has 0 aromatic heterocycles. The Bertz CT molecular complexity index is 1420. The molecule has 0 saturated carbocycles. The number of benzene rings is 3. The van der Waals surface area contributed by atoms with Crippen molar-refractivity contribution in [1.29, 1.82) is 0 Å². The van der Waals surface area contributed by atoms with Crippen LogP contribution in [0.15, 0.2) is 77.3 Å². The van der Waals surface area contributed by atoms with Gasteiger partial charge in [0.15, 0.2) is 11.6 Å². The van der Waals surface area contributed by atoms with E-state index in [1.54, 1.807) is 24.3 Å². The van der Waals surface area contributed by atoms with Gasteiger partial charge in [0.2, 0.25) is 21.8 Å². The zero-order valence-corrected chi connectivity index (χ0v) is 24.9. The Balaban J connectivity index is 2.05. The highest BCUT2D eigenvalue weighted by molar-refractivity contribution is 9.10. The van der Waals surface area contributed by atoms with Gasteiger partial charge in [0.1, 0.15) is 12.6 Å². The molecule has 2 amide bonds. The zero-order chi connectivity index (χ0) is 29.4. The molecule has 0 spiro atoms. The number of nitrogens with one attached hydrogen (secondary N) is 1. The van der Waals surface area contributed by atoms with Gasteiger partial charge < -0.3 is 10.2 Å². The molecule has 0 radical (unpaired) electrons. The number of hydrogen-bond acceptors (Lipinski definition) is 4. The summed E-state index contributed by atoms with van der Waals surface area (Å²) in [5, 5.41) is 2.90. The molecular weight excluding hydrogens is 604 g/mol. The smallest absolute Gasteiger partial charge is 0.244 e. The molecule has 11 heteroatoms. The average Bonchev–Trinajstić information content (AvgIpc) is 2.90. The number of carbonyl (C=O) groups excluding carboxylic acids is 2. The van der Waals surface area contributed by atoms with Gasteiger partial charge >= 0.3 is 0 Å². The highest BCUT2D eigenvalue weighted by Crippen LogP contribution is 2.23. The lowest BCUT2D eigenvalue weighted by Crippen LogP contribution is -2.53. The molecular formula is C29H32BrF2N3O4S. The molecule has 1 N–H and O–H groups in total. The van der Waals surface area contributed by atoms with Crippen LogP contribution in [0.2, 0.25) is 0 Å². The maximum Gasteiger partial charge on any atom is 0.244 e. The maximum absolute atomic E-state index is 14.0. The number of nitrogens with zero attached hydrogens (tertiary/aromatic N) is 2. The first-order valence-electron chi connectivity index (χ1n) is 12.6. The fraction of sp³-hybridized carbons (Fsp3) is 0.310. The van der Waals surface area contributed by atoms with E-state index in [-0.39, 0.29) is 30.5 Å². The molecule has 1 atom stereocenters. The Labute approximate surface area is 242 Å². The molecule has 0 aliphatic carbocycles. The largest absolute Gasteiger partial charge is 0.354 e. The van der Waals surface area contributed by atoms with Crippen LogP contribution < -0.4 is 9.62 Å². The van der Waals surface area contributed by atoms with Crippen LogP contribution in [0, 0.1) is 17.6 Å². The van der Waals surface area contributed by atoms with Crippen LogP contribution in [-0.4, -0.2) is 50.5 Å². The normalized spacial score (nSPS) is 12.2. The van der Waals surface area contributed by atoms with Gasteiger partial charge in [0.05, 0.1) is 11.9 Å². The quantitative estimate of drug-likeness (QED) is 0.307. The number of hydrogen-bond donors (Lipinski definition) is 1. The summed E-state index contributed by atoms with van der Waals surface area (Å²) in [4.78, 5) is 28.8. The van der Waals surface area contributed by atoms with Gasteiger partial charge in [0, 0.05) is 30.0 Å². The summed E-state index contributed by atoms with van der Waals surface area (Å²) < 4.78 is 54.6. The molecule has 0 aliphatic rings. The Morgan fingerprint density at radius 2 is 1.57 bits per heavy atom. The molecule has 3 rings (SSSR count). The minimum atomic E-state index is -4.09. The molecule has 3 aromatic carbocycles. The third-order valence-corrected chi connectivity index (χ3v) is 7.76. The minimum Gasteiger partial charge on any atom is -0.354 e. The van der Waals surface area contributed by atoms with Crippen molar-refractivity contribution in [2.45, 2.75) is 32.9 Å². The molecule has 0 fully saturated rings. The lowest BCUT2D eigenvalue weighted by molar-refractivity contribution is -0.140. The molecule has 7 nitrogen and oxygen atoms in total. The van der Waals surface area contributed by atoms with Crippen LogP contribution >= 0.6 is 15.9 Å². The molecule has 40 heavy (non-hydrogen) atoms. The monoisotopic (exact) mass is 635 g/mol. The third kappa shape index (κ3) is 8.85. The first-order chi connectivity index (χ1) is 18.8. The number of halogens is 3. The number of amides is 2. The fourth-order valence-corrected chi connectivity index (χ4v) is 5.12. The van der Waals surface area contributed by atoms with Crippen LogP contribution in [-0.2, 0) is 32.6 Å². The lowest BCUT2D eigenvalue weighted by atomic mass is 10.0. The number of carbonyl (C=O) groups is 2. The van der Waals surface area contributed by atoms with Crippen molar-refractivity contribution in [3.63, 3.8) is 0 Å². The lowest BCUT2D eigenvalue weighted by Gasteiger charge is -2.33. The fourth-order valence-electron chi connectivity index (χ4n) is 4.02. The Kier molecular flexibility index (Phi) is 10.8. The standard InChI is InChI=1S/C29H32BrF2N3O4S/c1-20(2)17-33-29(37)27(15-21-7-5-4-6-8-21)34(18-22-9-11-23(30)12-10-22)28(36)19-35(40(3,38)39)24-13-14-25(31)26(32)16-24/h4-14,16,20,27H,15,17-19H2,1-3H3,(H,33,37)/t27-/m1/s1. The van der Waals surface area contributed by atoms with Gasteiger partial charge in [-0.2, -0.15) is 0 Å². The van der Waals surface area contributed by atoms with E-state index in [1.807, 2.05) is 44.2 Å². The summed E-state index contributed by atoms with van der Waals surface area (Å²) in [6.07, 6.45) is 1.05. The van der Waals surface area contributed by atoms with Crippen LogP contribution in [0.25, 0.3) is 0 Å². The van der Waals surface area contributed by atoms with E-state index in [2.05, 4.69) is 21.2 Å². The van der Waals surface area contributed by atoms with Crippen molar-refractivity contribution >= 4 is 43.5 Å². The van der Waals surface area contributed by atoms with Crippen LogP contribution in [0.4, 0.5) is 14.5 Å². The SMILES string of the molecule is CC(C)CNC(=O)[C@@H](Cc1ccccc1)N(Cc1ccc(Br)cc1)C(=O)CN(c1ccc(F)c(F)c1)S(C)(=O)=O. The van der Waals surface area contributed by atoms with Crippen LogP contribution in [0.1, 0.15) is 25.0 Å². The van der Waals surface area contributed by atoms with Crippen LogP contribution in [0.3, 0.4) is 0 Å². The highest BCUT2D eigenvalue weighted by Gasteiger charge is 2.33. The second-order valence-electron chi connectivity index (χ2n) is 9.86. The van der Waals surface area contributed by atoms with Crippen molar-refractivity contribution in [1.82, 2.24) is 10.2 Å². The molecule has 0 aliphatic heterocycles. The van der Waals surface area contributed by atoms with Gasteiger partial charge in [-0.15, -0.1) is 0 Å². The Hall–Kier alpha value is -3.31. The summed E-state index contributed by atoms with van der Waals surface area (Å²) in [7, 11) is -4.09. The number of sulfonamides is 1. The summed E-state index contributed by atoms with van der Waals surface area (Å²) in [6.45, 7) is 3.57.